The van der Waals surface area contributed by atoms with Crippen LogP contribution < -0.4 is 24.3 Å². The van der Waals surface area contributed by atoms with Crippen molar-refractivity contribution in [2.24, 2.45) is 5.41 Å². The lowest BCUT2D eigenvalue weighted by Gasteiger charge is -2.24. The summed E-state index contributed by atoms with van der Waals surface area (Å²) < 4.78 is 45.3. The van der Waals surface area contributed by atoms with Gasteiger partial charge in [-0.15, -0.1) is 0 Å². The van der Waals surface area contributed by atoms with Gasteiger partial charge in [-0.3, -0.25) is 4.79 Å². The molecule has 1 fully saturated rings. The number of nitrogens with one attached hydrogen (secondary N) is 1. The summed E-state index contributed by atoms with van der Waals surface area (Å²) >= 11 is 6.96. The molecule has 0 spiro atoms. The summed E-state index contributed by atoms with van der Waals surface area (Å²) in [5.41, 5.74) is 4.49. The largest absolute Gasteiger partial charge is 0.488 e. The standard InChI is InChI=1S/C43H44ClFN2O7/c1-3-50-42(49)43(2,25-48)22-35-34(47-35)20-28-19-33(44)39(21-38(28)53-24-27-9-6-4-5-8-26(18-27)23-46)54-36-14-12-30-29(10-7-11-31(30)36)32-13-15-37-41(40(32)45)52-17-16-51-37/h5,7-11,13,15,18-19,21,34-36,47-48H,3-4,6,12,14,16-17,20,22,24-25H2,1-2H3/b8-5+,26-18+,27-9+/t34?,35-,36+,43+/m1/s1. The van der Waals surface area contributed by atoms with E-state index >= 15 is 4.39 Å². The van der Waals surface area contributed by atoms with E-state index in [1.54, 1.807) is 26.0 Å². The maximum atomic E-state index is 15.7. The lowest BCUT2D eigenvalue weighted by atomic mass is 9.85. The summed E-state index contributed by atoms with van der Waals surface area (Å²) in [6.07, 6.45) is 11.4. The van der Waals surface area contributed by atoms with Gasteiger partial charge in [0, 0.05) is 23.7 Å². The molecule has 4 aliphatic rings. The van der Waals surface area contributed by atoms with E-state index in [1.165, 1.54) is 0 Å². The molecule has 2 aliphatic heterocycles. The van der Waals surface area contributed by atoms with Crippen molar-refractivity contribution < 1.29 is 38.0 Å². The van der Waals surface area contributed by atoms with Gasteiger partial charge in [0.2, 0.25) is 0 Å². The average molecular weight is 755 g/mol. The number of nitriles is 1. The van der Waals surface area contributed by atoms with E-state index in [-0.39, 0.29) is 43.8 Å². The lowest BCUT2D eigenvalue weighted by molar-refractivity contribution is -0.157. The van der Waals surface area contributed by atoms with Crippen molar-refractivity contribution in [1.82, 2.24) is 5.32 Å². The van der Waals surface area contributed by atoms with Crippen molar-refractivity contribution >= 4 is 17.6 Å². The number of fused-ring (bicyclic) bond motifs is 2. The SMILES string of the molecule is CCOC(=O)[C@](C)(CO)C[C@H]1NC1Cc1cc(Cl)c(O[C@H]2CCc3c(-c4ccc5c(c4F)OCCO5)cccc32)cc1OCC1=C/CC/C=C/C(C#N)=C\1. The van der Waals surface area contributed by atoms with Crippen molar-refractivity contribution in [3.63, 3.8) is 0 Å². The molecule has 3 aromatic rings. The zero-order valence-corrected chi connectivity index (χ0v) is 31.2. The molecule has 0 saturated carbocycles. The molecule has 7 rings (SSSR count). The summed E-state index contributed by atoms with van der Waals surface area (Å²) in [7, 11) is 0. The van der Waals surface area contributed by atoms with Crippen molar-refractivity contribution in [2.45, 2.75) is 70.6 Å². The number of benzene rings is 3. The van der Waals surface area contributed by atoms with E-state index < -0.39 is 17.2 Å². The smallest absolute Gasteiger partial charge is 0.314 e. The van der Waals surface area contributed by atoms with Crippen LogP contribution in [0.3, 0.4) is 0 Å². The van der Waals surface area contributed by atoms with Crippen LogP contribution in [0, 0.1) is 22.6 Å². The Hall–Kier alpha value is -4.82. The van der Waals surface area contributed by atoms with E-state index in [4.69, 9.17) is 35.3 Å². The number of hydrogen-bond acceptors (Lipinski definition) is 9. The highest BCUT2D eigenvalue weighted by Gasteiger charge is 2.45. The van der Waals surface area contributed by atoms with Crippen molar-refractivity contribution in [3.8, 4) is 40.2 Å². The number of hydrogen-bond donors (Lipinski definition) is 2. The molecule has 1 unspecified atom stereocenters. The topological polar surface area (TPSA) is 129 Å². The van der Waals surface area contributed by atoms with Crippen LogP contribution in [0.4, 0.5) is 4.39 Å². The molecule has 54 heavy (non-hydrogen) atoms. The zero-order valence-electron chi connectivity index (χ0n) is 30.5. The van der Waals surface area contributed by atoms with Gasteiger partial charge < -0.3 is 34.1 Å². The van der Waals surface area contributed by atoms with Crippen LogP contribution in [-0.2, 0) is 22.4 Å². The molecule has 2 heterocycles. The Morgan fingerprint density at radius 3 is 2.80 bits per heavy atom. The quantitative estimate of drug-likeness (QED) is 0.132. The monoisotopic (exact) mass is 754 g/mol. The zero-order chi connectivity index (χ0) is 37.8. The van der Waals surface area contributed by atoms with Crippen molar-refractivity contribution in [3.05, 3.63) is 105 Å². The Balaban J connectivity index is 1.14. The van der Waals surface area contributed by atoms with Gasteiger partial charge in [-0.05, 0) is 111 Å². The van der Waals surface area contributed by atoms with Crippen LogP contribution in [0.15, 0.2) is 77.9 Å². The molecule has 9 nitrogen and oxygen atoms in total. The van der Waals surface area contributed by atoms with Crippen molar-refractivity contribution in [1.29, 1.82) is 5.26 Å². The number of aliphatic hydroxyl groups is 1. The number of nitrogens with zero attached hydrogens (tertiary/aromatic N) is 1. The number of halogens is 2. The maximum absolute atomic E-state index is 15.7. The van der Waals surface area contributed by atoms with E-state index in [9.17, 15) is 15.2 Å². The van der Waals surface area contributed by atoms with Gasteiger partial charge >= 0.3 is 5.97 Å². The molecule has 11 heteroatoms. The Kier molecular flexibility index (Phi) is 11.3. The molecule has 2 aliphatic carbocycles. The van der Waals surface area contributed by atoms with Crippen LogP contribution in [0.1, 0.15) is 62.3 Å². The van der Waals surface area contributed by atoms with Crippen LogP contribution in [-0.4, -0.2) is 56.2 Å². The Bertz CT molecular complexity index is 2060. The molecule has 0 aromatic heterocycles. The first-order chi connectivity index (χ1) is 26.2. The predicted octanol–water partition coefficient (Wildman–Crippen LogP) is 7.92. The van der Waals surface area contributed by atoms with Crippen LogP contribution in [0.5, 0.6) is 23.0 Å². The predicted molar refractivity (Wildman–Crippen MR) is 202 cm³/mol. The fourth-order valence-electron chi connectivity index (χ4n) is 7.47. The average Bonchev–Trinajstić information content (AvgIpc) is 3.75. The summed E-state index contributed by atoms with van der Waals surface area (Å²) in [4.78, 5) is 12.6. The molecule has 2 N–H and O–H groups in total. The summed E-state index contributed by atoms with van der Waals surface area (Å²) in [6.45, 7) is 4.31. The number of allylic oxidation sites excluding steroid dienone is 4. The number of carbonyl (C=O) groups excluding carboxylic acids is 1. The molecular formula is C43H44ClFN2O7. The van der Waals surface area contributed by atoms with Gasteiger partial charge in [0.25, 0.3) is 0 Å². The van der Waals surface area contributed by atoms with E-state index in [0.29, 0.717) is 72.3 Å². The number of rotatable bonds is 13. The highest BCUT2D eigenvalue weighted by atomic mass is 35.5. The van der Waals surface area contributed by atoms with E-state index in [0.717, 1.165) is 40.7 Å². The van der Waals surface area contributed by atoms with Crippen molar-refractivity contribution in [2.75, 3.05) is 33.0 Å². The first-order valence-electron chi connectivity index (χ1n) is 18.5. The highest BCUT2D eigenvalue weighted by molar-refractivity contribution is 6.32. The Morgan fingerprint density at radius 1 is 1.13 bits per heavy atom. The second kappa shape index (κ2) is 16.3. The molecule has 1 saturated heterocycles. The van der Waals surface area contributed by atoms with Gasteiger partial charge in [0.05, 0.1) is 35.3 Å². The Labute approximate surface area is 320 Å². The number of aliphatic hydroxyl groups excluding tert-OH is 1. The molecular weight excluding hydrogens is 711 g/mol. The second-order valence-corrected chi connectivity index (χ2v) is 14.8. The third kappa shape index (κ3) is 8.00. The fourth-order valence-corrected chi connectivity index (χ4v) is 7.70. The van der Waals surface area contributed by atoms with E-state index in [1.807, 2.05) is 48.6 Å². The summed E-state index contributed by atoms with van der Waals surface area (Å²) in [5.74, 6) is 0.742. The Morgan fingerprint density at radius 2 is 1.98 bits per heavy atom. The van der Waals surface area contributed by atoms with E-state index in [2.05, 4.69) is 17.5 Å². The molecule has 282 valence electrons. The lowest BCUT2D eigenvalue weighted by Crippen LogP contribution is -2.35. The van der Waals surface area contributed by atoms with Crippen LogP contribution in [0.2, 0.25) is 5.02 Å². The number of ether oxygens (including phenoxy) is 5. The summed E-state index contributed by atoms with van der Waals surface area (Å²) in [5, 5.41) is 23.6. The number of carbonyl (C=O) groups is 1. The maximum Gasteiger partial charge on any atom is 0.314 e. The van der Waals surface area contributed by atoms with Crippen LogP contribution in [0.25, 0.3) is 11.1 Å². The van der Waals surface area contributed by atoms with Gasteiger partial charge in [-0.2, -0.15) is 5.26 Å². The first kappa shape index (κ1) is 37.5. The minimum Gasteiger partial charge on any atom is -0.488 e. The molecule has 3 aromatic carbocycles. The normalized spacial score (nSPS) is 23.5. The van der Waals surface area contributed by atoms with Crippen LogP contribution >= 0.6 is 11.6 Å². The third-order valence-corrected chi connectivity index (χ3v) is 10.8. The first-order valence-corrected chi connectivity index (χ1v) is 18.9. The van der Waals surface area contributed by atoms with Gasteiger partial charge in [0.15, 0.2) is 17.3 Å². The van der Waals surface area contributed by atoms with Gasteiger partial charge in [-0.25, -0.2) is 4.39 Å². The molecule has 4 atom stereocenters. The molecule has 0 amide bonds. The third-order valence-electron chi connectivity index (χ3n) is 10.5. The van der Waals surface area contributed by atoms with Gasteiger partial charge in [-0.1, -0.05) is 42.0 Å². The van der Waals surface area contributed by atoms with Gasteiger partial charge in [0.1, 0.15) is 37.4 Å². The molecule has 0 bridgehead atoms. The minimum atomic E-state index is -1.02. The number of esters is 1. The fraction of sp³-hybridized carbons (Fsp3) is 0.395. The second-order valence-electron chi connectivity index (χ2n) is 14.3. The highest BCUT2D eigenvalue weighted by Crippen LogP contribution is 2.46. The molecule has 0 radical (unpaired) electrons. The minimum absolute atomic E-state index is 0.0152. The summed E-state index contributed by atoms with van der Waals surface area (Å²) in [6, 6.07) is 15.3.